The van der Waals surface area contributed by atoms with Gasteiger partial charge in [-0.25, -0.2) is 4.79 Å². The van der Waals surface area contributed by atoms with Crippen LogP contribution >= 0.6 is 0 Å². The number of benzene rings is 1. The van der Waals surface area contributed by atoms with Crippen LogP contribution in [0.15, 0.2) is 18.2 Å². The van der Waals surface area contributed by atoms with Gasteiger partial charge in [-0.3, -0.25) is 4.79 Å². The summed E-state index contributed by atoms with van der Waals surface area (Å²) < 4.78 is 12.9. The molecule has 1 aliphatic rings. The van der Waals surface area contributed by atoms with E-state index >= 15 is 0 Å². The maximum Gasteiger partial charge on any atom is 0.410 e. The van der Waals surface area contributed by atoms with Gasteiger partial charge in [0, 0.05) is 48.1 Å². The highest BCUT2D eigenvalue weighted by Crippen LogP contribution is 2.32. The number of carbonyl (C=O) groups is 2. The van der Waals surface area contributed by atoms with E-state index in [1.165, 1.54) is 22.2 Å². The highest BCUT2D eigenvalue weighted by molar-refractivity contribution is 5.87. The second-order valence-corrected chi connectivity index (χ2v) is 8.66. The summed E-state index contributed by atoms with van der Waals surface area (Å²) in [5, 5.41) is 1.18. The molecule has 1 aromatic heterocycles. The zero-order chi connectivity index (χ0) is 21.2. The van der Waals surface area contributed by atoms with Gasteiger partial charge in [0.15, 0.2) is 0 Å². The summed E-state index contributed by atoms with van der Waals surface area (Å²) >= 11 is 0. The van der Waals surface area contributed by atoms with E-state index in [0.717, 1.165) is 24.9 Å². The number of hydrogen-bond donors (Lipinski definition) is 0. The van der Waals surface area contributed by atoms with Crippen LogP contribution in [0, 0.1) is 6.92 Å². The van der Waals surface area contributed by atoms with Crippen molar-refractivity contribution in [3.63, 3.8) is 0 Å². The summed E-state index contributed by atoms with van der Waals surface area (Å²) in [6.45, 7) is 11.9. The number of aromatic nitrogens is 1. The largest absolute Gasteiger partial charge is 0.466 e. The van der Waals surface area contributed by atoms with E-state index in [1.54, 1.807) is 4.90 Å². The van der Waals surface area contributed by atoms with Gasteiger partial charge in [0.2, 0.25) is 0 Å². The molecule has 0 radical (unpaired) electrons. The molecule has 0 saturated heterocycles. The molecule has 3 rings (SSSR count). The summed E-state index contributed by atoms with van der Waals surface area (Å²) in [6.07, 6.45) is 1.66. The number of aryl methyl sites for hydroxylation is 2. The van der Waals surface area contributed by atoms with Crippen molar-refractivity contribution >= 4 is 23.0 Å². The molecule has 158 valence electrons. The molecule has 6 nitrogen and oxygen atoms in total. The Labute approximate surface area is 172 Å². The molecule has 0 unspecified atom stereocenters. The molecule has 29 heavy (non-hydrogen) atoms. The molecule has 6 heteroatoms. The lowest BCUT2D eigenvalue weighted by Crippen LogP contribution is -2.40. The molecule has 0 aliphatic carbocycles. The Morgan fingerprint density at radius 1 is 1.21 bits per heavy atom. The van der Waals surface area contributed by atoms with Crippen LogP contribution in [0.1, 0.15) is 57.4 Å². The smallest absolute Gasteiger partial charge is 0.410 e. The Hall–Kier alpha value is -2.50. The zero-order valence-corrected chi connectivity index (χ0v) is 18.2. The summed E-state index contributed by atoms with van der Waals surface area (Å²) in [5.74, 6) is -0.148. The fourth-order valence-electron chi connectivity index (χ4n) is 3.92. The predicted molar refractivity (Wildman–Crippen MR) is 113 cm³/mol. The van der Waals surface area contributed by atoms with Gasteiger partial charge in [0.1, 0.15) is 5.60 Å². The normalized spacial score (nSPS) is 14.0. The molecule has 0 N–H and O–H groups in total. The molecule has 1 aromatic carbocycles. The van der Waals surface area contributed by atoms with Crippen LogP contribution in [0.3, 0.4) is 0 Å². The SMILES string of the molecule is CCOC(=O)CCCn1c2c(c3cc(C)ccc31)CN(C(=O)OC(C)(C)C)CC2. The number of carbonyl (C=O) groups excluding carboxylic acids is 2. The van der Waals surface area contributed by atoms with Gasteiger partial charge in [-0.05, 0) is 53.2 Å². The third kappa shape index (κ3) is 4.92. The van der Waals surface area contributed by atoms with Crippen LogP contribution in [-0.4, -0.2) is 40.3 Å². The van der Waals surface area contributed by atoms with Gasteiger partial charge in [-0.1, -0.05) is 11.6 Å². The van der Waals surface area contributed by atoms with Gasteiger partial charge in [0.05, 0.1) is 13.2 Å². The molecule has 0 atom stereocenters. The van der Waals surface area contributed by atoms with E-state index < -0.39 is 5.60 Å². The van der Waals surface area contributed by atoms with Gasteiger partial charge >= 0.3 is 12.1 Å². The third-order valence-electron chi connectivity index (χ3n) is 5.13. The van der Waals surface area contributed by atoms with Gasteiger partial charge in [-0.2, -0.15) is 0 Å². The predicted octanol–water partition coefficient (Wildman–Crippen LogP) is 4.59. The summed E-state index contributed by atoms with van der Waals surface area (Å²) in [6, 6.07) is 6.45. The third-order valence-corrected chi connectivity index (χ3v) is 5.13. The van der Waals surface area contributed by atoms with Crippen LogP contribution < -0.4 is 0 Å². The van der Waals surface area contributed by atoms with E-state index in [9.17, 15) is 9.59 Å². The van der Waals surface area contributed by atoms with Crippen molar-refractivity contribution in [1.29, 1.82) is 0 Å². The van der Waals surface area contributed by atoms with Crippen LogP contribution in [0.4, 0.5) is 4.79 Å². The maximum absolute atomic E-state index is 12.6. The Morgan fingerprint density at radius 3 is 2.66 bits per heavy atom. The Balaban J connectivity index is 1.86. The summed E-state index contributed by atoms with van der Waals surface area (Å²) in [7, 11) is 0. The van der Waals surface area contributed by atoms with E-state index in [1.807, 2.05) is 27.7 Å². The van der Waals surface area contributed by atoms with E-state index in [4.69, 9.17) is 9.47 Å². The van der Waals surface area contributed by atoms with Crippen LogP contribution in [0.2, 0.25) is 0 Å². The number of ether oxygens (including phenoxy) is 2. The number of amides is 1. The van der Waals surface area contributed by atoms with E-state index in [0.29, 0.717) is 26.1 Å². The van der Waals surface area contributed by atoms with Crippen molar-refractivity contribution in [2.75, 3.05) is 13.2 Å². The molecule has 2 aromatic rings. The molecule has 0 saturated carbocycles. The van der Waals surface area contributed by atoms with E-state index in [-0.39, 0.29) is 12.1 Å². The lowest BCUT2D eigenvalue weighted by Gasteiger charge is -2.30. The quantitative estimate of drug-likeness (QED) is 0.689. The minimum absolute atomic E-state index is 0.148. The number of rotatable bonds is 5. The monoisotopic (exact) mass is 400 g/mol. The molecule has 1 amide bonds. The Bertz CT molecular complexity index is 908. The standard InChI is InChI=1S/C23H32N2O4/c1-6-28-21(26)8-7-12-25-19-10-9-16(2)14-17(19)18-15-24(13-11-20(18)25)22(27)29-23(3,4)5/h9-10,14H,6-8,11-13,15H2,1-5H3. The molecule has 0 spiro atoms. The topological polar surface area (TPSA) is 60.8 Å². The minimum Gasteiger partial charge on any atom is -0.466 e. The first-order chi connectivity index (χ1) is 13.7. The molecule has 1 aliphatic heterocycles. The van der Waals surface area contributed by atoms with E-state index in [2.05, 4.69) is 29.7 Å². The van der Waals surface area contributed by atoms with Gasteiger partial charge < -0.3 is 18.9 Å². The first kappa shape index (κ1) is 21.2. The van der Waals surface area contributed by atoms with Crippen LogP contribution in [-0.2, 0) is 33.8 Å². The fourth-order valence-corrected chi connectivity index (χ4v) is 3.92. The van der Waals surface area contributed by atoms with Crippen molar-refractivity contribution in [2.24, 2.45) is 0 Å². The first-order valence-corrected chi connectivity index (χ1v) is 10.4. The van der Waals surface area contributed by atoms with Crippen molar-refractivity contribution < 1.29 is 19.1 Å². The number of fused-ring (bicyclic) bond motifs is 3. The number of nitrogens with zero attached hydrogens (tertiary/aromatic N) is 2. The molecule has 0 fully saturated rings. The van der Waals surface area contributed by atoms with Crippen molar-refractivity contribution in [3.8, 4) is 0 Å². The maximum atomic E-state index is 12.6. The van der Waals surface area contributed by atoms with Crippen LogP contribution in [0.25, 0.3) is 10.9 Å². The highest BCUT2D eigenvalue weighted by Gasteiger charge is 2.29. The molecule has 2 heterocycles. The second-order valence-electron chi connectivity index (χ2n) is 8.66. The van der Waals surface area contributed by atoms with Crippen LogP contribution in [0.5, 0.6) is 0 Å². The molecular weight excluding hydrogens is 368 g/mol. The van der Waals surface area contributed by atoms with Gasteiger partial charge in [0.25, 0.3) is 0 Å². The van der Waals surface area contributed by atoms with Crippen molar-refractivity contribution in [1.82, 2.24) is 9.47 Å². The minimum atomic E-state index is -0.505. The van der Waals surface area contributed by atoms with Crippen molar-refractivity contribution in [2.45, 2.75) is 72.6 Å². The lowest BCUT2D eigenvalue weighted by atomic mass is 10.0. The van der Waals surface area contributed by atoms with Crippen molar-refractivity contribution in [3.05, 3.63) is 35.0 Å². The summed E-state index contributed by atoms with van der Waals surface area (Å²) in [5.41, 5.74) is 4.30. The average molecular weight is 401 g/mol. The summed E-state index contributed by atoms with van der Waals surface area (Å²) in [4.78, 5) is 26.1. The Kier molecular flexibility index (Phi) is 6.20. The lowest BCUT2D eigenvalue weighted by molar-refractivity contribution is -0.143. The number of hydrogen-bond acceptors (Lipinski definition) is 4. The fraction of sp³-hybridized carbons (Fsp3) is 0.565. The average Bonchev–Trinajstić information content (AvgIpc) is 2.93. The zero-order valence-electron chi connectivity index (χ0n) is 18.2. The van der Waals surface area contributed by atoms with Gasteiger partial charge in [-0.15, -0.1) is 0 Å². The molecular formula is C23H32N2O4. The highest BCUT2D eigenvalue weighted by atomic mass is 16.6. The first-order valence-electron chi connectivity index (χ1n) is 10.4. The Morgan fingerprint density at radius 2 is 1.97 bits per heavy atom. The second kappa shape index (κ2) is 8.47. The number of esters is 1. The molecule has 0 bridgehead atoms.